The lowest BCUT2D eigenvalue weighted by Gasteiger charge is -2.23. The average molecular weight is 286 g/mol. The number of benzene rings is 1. The maximum Gasteiger partial charge on any atom is 0.224 e. The molecule has 2 fully saturated rings. The summed E-state index contributed by atoms with van der Waals surface area (Å²) in [6.45, 7) is 3.11. The summed E-state index contributed by atoms with van der Waals surface area (Å²) in [5.41, 5.74) is 2.85. The number of carbonyl (C=O) groups excluding carboxylic acids is 1. The molecule has 21 heavy (non-hydrogen) atoms. The lowest BCUT2D eigenvalue weighted by molar-refractivity contribution is -0.123. The van der Waals surface area contributed by atoms with Gasteiger partial charge in [-0.3, -0.25) is 4.79 Å². The van der Waals surface area contributed by atoms with Gasteiger partial charge in [-0.2, -0.15) is 0 Å². The predicted octanol–water partition coefficient (Wildman–Crippen LogP) is 1.07. The van der Waals surface area contributed by atoms with Crippen LogP contribution in [-0.4, -0.2) is 38.3 Å². The van der Waals surface area contributed by atoms with Crippen LogP contribution in [0.15, 0.2) is 24.3 Å². The van der Waals surface area contributed by atoms with Crippen LogP contribution in [0.4, 0.5) is 0 Å². The Hall–Kier alpha value is -1.39. The number of hydrogen-bond acceptors (Lipinski definition) is 3. The third kappa shape index (κ3) is 2.47. The Morgan fingerprint density at radius 2 is 2.29 bits per heavy atom. The van der Waals surface area contributed by atoms with E-state index < -0.39 is 0 Å². The van der Waals surface area contributed by atoms with Gasteiger partial charge in [0.2, 0.25) is 5.91 Å². The first kappa shape index (κ1) is 13.3. The second kappa shape index (κ2) is 5.43. The molecule has 1 saturated heterocycles. The van der Waals surface area contributed by atoms with E-state index in [1.165, 1.54) is 11.1 Å². The second-order valence-electron chi connectivity index (χ2n) is 6.39. The van der Waals surface area contributed by atoms with Crippen LogP contribution in [0.3, 0.4) is 0 Å². The number of carbonyl (C=O) groups is 1. The molecule has 1 aliphatic heterocycles. The highest BCUT2D eigenvalue weighted by atomic mass is 16.5. The molecule has 4 unspecified atom stereocenters. The van der Waals surface area contributed by atoms with Crippen LogP contribution in [0.25, 0.3) is 0 Å². The Labute approximate surface area is 125 Å². The molecule has 1 saturated carbocycles. The Balaban J connectivity index is 1.37. The van der Waals surface area contributed by atoms with Crippen molar-refractivity contribution in [1.82, 2.24) is 10.6 Å². The predicted molar refractivity (Wildman–Crippen MR) is 80.1 cm³/mol. The quantitative estimate of drug-likeness (QED) is 0.874. The summed E-state index contributed by atoms with van der Waals surface area (Å²) < 4.78 is 5.63. The Morgan fingerprint density at radius 1 is 1.38 bits per heavy atom. The average Bonchev–Trinajstić information content (AvgIpc) is 3.29. The number of rotatable bonds is 3. The van der Waals surface area contributed by atoms with Gasteiger partial charge in [0.15, 0.2) is 0 Å². The zero-order chi connectivity index (χ0) is 14.2. The summed E-state index contributed by atoms with van der Waals surface area (Å²) in [5, 5.41) is 6.39. The van der Waals surface area contributed by atoms with E-state index in [2.05, 4.69) is 34.9 Å². The second-order valence-corrected chi connectivity index (χ2v) is 6.39. The molecule has 112 valence electrons. The molecule has 4 rings (SSSR count). The standard InChI is InChI=1S/C17H22N2O2/c20-17(19-10-12-9-18-7-8-21-12)16-14-6-5-11-3-1-2-4-13(11)15(14)16/h1-4,12,14-16,18H,5-10H2,(H,19,20). The maximum atomic E-state index is 12.4. The third-order valence-electron chi connectivity index (χ3n) is 5.14. The molecule has 0 radical (unpaired) electrons. The summed E-state index contributed by atoms with van der Waals surface area (Å²) in [6.07, 6.45) is 2.40. The highest BCUT2D eigenvalue weighted by molar-refractivity contribution is 5.84. The minimum absolute atomic E-state index is 0.121. The number of hydrogen-bond donors (Lipinski definition) is 2. The first-order chi connectivity index (χ1) is 10.3. The smallest absolute Gasteiger partial charge is 0.224 e. The number of aryl methyl sites for hydroxylation is 1. The third-order valence-corrected chi connectivity index (χ3v) is 5.14. The molecule has 1 aromatic rings. The number of fused-ring (bicyclic) bond motifs is 3. The van der Waals surface area contributed by atoms with E-state index in [1.807, 2.05) is 0 Å². The molecule has 0 spiro atoms. The molecule has 4 heteroatoms. The molecule has 3 aliphatic rings. The summed E-state index contributed by atoms with van der Waals surface area (Å²) in [5.74, 6) is 1.42. The normalized spacial score (nSPS) is 33.7. The highest BCUT2D eigenvalue weighted by Crippen LogP contribution is 2.59. The van der Waals surface area contributed by atoms with Gasteiger partial charge < -0.3 is 15.4 Å². The monoisotopic (exact) mass is 286 g/mol. The number of ether oxygens (including phenoxy) is 1. The largest absolute Gasteiger partial charge is 0.374 e. The van der Waals surface area contributed by atoms with Crippen LogP contribution in [0.1, 0.15) is 23.5 Å². The van der Waals surface area contributed by atoms with Crippen molar-refractivity contribution in [1.29, 1.82) is 0 Å². The van der Waals surface area contributed by atoms with Crippen molar-refractivity contribution in [3.63, 3.8) is 0 Å². The van der Waals surface area contributed by atoms with E-state index in [1.54, 1.807) is 0 Å². The van der Waals surface area contributed by atoms with Gasteiger partial charge >= 0.3 is 0 Å². The lowest BCUT2D eigenvalue weighted by Crippen LogP contribution is -2.45. The first-order valence-corrected chi connectivity index (χ1v) is 8.02. The topological polar surface area (TPSA) is 50.4 Å². The van der Waals surface area contributed by atoms with Crippen molar-refractivity contribution < 1.29 is 9.53 Å². The lowest BCUT2D eigenvalue weighted by atomic mass is 9.92. The molecular weight excluding hydrogens is 264 g/mol. The van der Waals surface area contributed by atoms with Crippen LogP contribution < -0.4 is 10.6 Å². The summed E-state index contributed by atoms with van der Waals surface area (Å²) in [7, 11) is 0. The van der Waals surface area contributed by atoms with E-state index in [0.717, 1.165) is 32.5 Å². The number of nitrogens with one attached hydrogen (secondary N) is 2. The van der Waals surface area contributed by atoms with E-state index in [9.17, 15) is 4.79 Å². The minimum Gasteiger partial charge on any atom is -0.374 e. The molecular formula is C17H22N2O2. The Kier molecular flexibility index (Phi) is 3.43. The number of morpholine rings is 1. The maximum absolute atomic E-state index is 12.4. The van der Waals surface area contributed by atoms with E-state index >= 15 is 0 Å². The van der Waals surface area contributed by atoms with Crippen molar-refractivity contribution in [2.45, 2.75) is 24.9 Å². The van der Waals surface area contributed by atoms with E-state index in [0.29, 0.717) is 18.4 Å². The molecule has 0 aromatic heterocycles. The number of amides is 1. The zero-order valence-corrected chi connectivity index (χ0v) is 12.2. The fraction of sp³-hybridized carbons (Fsp3) is 0.588. The van der Waals surface area contributed by atoms with Crippen molar-refractivity contribution >= 4 is 5.91 Å². The van der Waals surface area contributed by atoms with Gasteiger partial charge in [0.05, 0.1) is 12.7 Å². The molecule has 2 aliphatic carbocycles. The van der Waals surface area contributed by atoms with E-state index in [-0.39, 0.29) is 17.9 Å². The molecule has 1 aromatic carbocycles. The highest BCUT2D eigenvalue weighted by Gasteiger charge is 2.56. The van der Waals surface area contributed by atoms with Gasteiger partial charge in [-0.05, 0) is 35.8 Å². The SMILES string of the molecule is O=C(NCC1CNCCO1)C1C2CCc3ccccc3C21. The molecule has 2 N–H and O–H groups in total. The molecule has 0 bridgehead atoms. The summed E-state index contributed by atoms with van der Waals surface area (Å²) in [6, 6.07) is 8.61. The van der Waals surface area contributed by atoms with Crippen LogP contribution in [0.5, 0.6) is 0 Å². The van der Waals surface area contributed by atoms with E-state index in [4.69, 9.17) is 4.74 Å². The Bertz CT molecular complexity index is 539. The zero-order valence-electron chi connectivity index (χ0n) is 12.2. The molecule has 1 amide bonds. The fourth-order valence-electron chi connectivity index (χ4n) is 4.01. The van der Waals surface area contributed by atoms with Crippen molar-refractivity contribution in [2.75, 3.05) is 26.2 Å². The minimum atomic E-state index is 0.121. The van der Waals surface area contributed by atoms with Gasteiger partial charge in [0.1, 0.15) is 0 Å². The van der Waals surface area contributed by atoms with Gasteiger partial charge in [-0.25, -0.2) is 0 Å². The van der Waals surface area contributed by atoms with Crippen LogP contribution in [0.2, 0.25) is 0 Å². The summed E-state index contributed by atoms with van der Waals surface area (Å²) >= 11 is 0. The van der Waals surface area contributed by atoms with Gasteiger partial charge in [-0.1, -0.05) is 24.3 Å². The summed E-state index contributed by atoms with van der Waals surface area (Å²) in [4.78, 5) is 12.4. The van der Waals surface area contributed by atoms with Crippen LogP contribution in [0, 0.1) is 11.8 Å². The Morgan fingerprint density at radius 3 is 3.14 bits per heavy atom. The van der Waals surface area contributed by atoms with Crippen molar-refractivity contribution in [3.05, 3.63) is 35.4 Å². The van der Waals surface area contributed by atoms with Crippen LogP contribution in [-0.2, 0) is 16.0 Å². The fourth-order valence-corrected chi connectivity index (χ4v) is 4.01. The molecule has 1 heterocycles. The first-order valence-electron chi connectivity index (χ1n) is 8.02. The van der Waals surface area contributed by atoms with Crippen molar-refractivity contribution in [2.24, 2.45) is 11.8 Å². The van der Waals surface area contributed by atoms with Gasteiger partial charge in [0, 0.05) is 25.6 Å². The van der Waals surface area contributed by atoms with Crippen molar-refractivity contribution in [3.8, 4) is 0 Å². The van der Waals surface area contributed by atoms with Crippen LogP contribution >= 0.6 is 0 Å². The van der Waals surface area contributed by atoms with Gasteiger partial charge in [-0.15, -0.1) is 0 Å². The molecule has 4 nitrogen and oxygen atoms in total. The van der Waals surface area contributed by atoms with Gasteiger partial charge in [0.25, 0.3) is 0 Å². The molecule has 4 atom stereocenters.